The molecule has 2 aromatic carbocycles. The van der Waals surface area contributed by atoms with Gasteiger partial charge in [-0.25, -0.2) is 0 Å². The highest BCUT2D eigenvalue weighted by molar-refractivity contribution is 6.11. The van der Waals surface area contributed by atoms with Crippen LogP contribution in [0.25, 0.3) is 0 Å². The Balaban J connectivity index is 1.94. The lowest BCUT2D eigenvalue weighted by atomic mass is 9.86. The molecule has 2 aromatic rings. The molecular formula is C19H18O4. The van der Waals surface area contributed by atoms with Gasteiger partial charge in [0, 0.05) is 6.42 Å². The van der Waals surface area contributed by atoms with Crippen molar-refractivity contribution in [3.05, 3.63) is 65.7 Å². The third-order valence-electron chi connectivity index (χ3n) is 3.91. The quantitative estimate of drug-likeness (QED) is 0.643. The summed E-state index contributed by atoms with van der Waals surface area (Å²) in [7, 11) is 0. The zero-order valence-corrected chi connectivity index (χ0v) is 12.9. The molecule has 1 aliphatic rings. The average Bonchev–Trinajstić information content (AvgIpc) is 2.56. The third-order valence-corrected chi connectivity index (χ3v) is 3.91. The van der Waals surface area contributed by atoms with Crippen LogP contribution in [0.4, 0.5) is 0 Å². The van der Waals surface area contributed by atoms with Gasteiger partial charge in [-0.15, -0.1) is 0 Å². The van der Waals surface area contributed by atoms with E-state index in [4.69, 9.17) is 9.47 Å². The van der Waals surface area contributed by atoms with Crippen LogP contribution >= 0.6 is 0 Å². The van der Waals surface area contributed by atoms with Gasteiger partial charge in [0.15, 0.2) is 11.7 Å². The van der Waals surface area contributed by atoms with E-state index in [0.29, 0.717) is 17.7 Å². The first-order valence-electron chi connectivity index (χ1n) is 7.71. The fourth-order valence-electron chi connectivity index (χ4n) is 2.84. The molecule has 1 heterocycles. The molecule has 0 saturated heterocycles. The molecule has 118 valence electrons. The van der Waals surface area contributed by atoms with E-state index in [1.165, 1.54) is 0 Å². The molecule has 23 heavy (non-hydrogen) atoms. The number of esters is 1. The SMILES string of the molecule is CCOC(=O)C1C(=O)c2ccccc2OC1Cc1ccccc1. The van der Waals surface area contributed by atoms with Gasteiger partial charge in [-0.3, -0.25) is 9.59 Å². The zero-order valence-electron chi connectivity index (χ0n) is 12.9. The van der Waals surface area contributed by atoms with Crippen molar-refractivity contribution in [1.82, 2.24) is 0 Å². The van der Waals surface area contributed by atoms with Crippen molar-refractivity contribution in [2.24, 2.45) is 5.92 Å². The van der Waals surface area contributed by atoms with Crippen molar-refractivity contribution in [3.63, 3.8) is 0 Å². The number of carbonyl (C=O) groups is 2. The van der Waals surface area contributed by atoms with Crippen LogP contribution in [0.3, 0.4) is 0 Å². The minimum Gasteiger partial charge on any atom is -0.488 e. The smallest absolute Gasteiger partial charge is 0.320 e. The number of ketones is 1. The third kappa shape index (κ3) is 3.11. The summed E-state index contributed by atoms with van der Waals surface area (Å²) < 4.78 is 11.1. The Morgan fingerprint density at radius 1 is 1.09 bits per heavy atom. The number of fused-ring (bicyclic) bond motifs is 1. The lowest BCUT2D eigenvalue weighted by molar-refractivity contribution is -0.149. The number of hydrogen-bond donors (Lipinski definition) is 0. The molecule has 4 nitrogen and oxygen atoms in total. The van der Waals surface area contributed by atoms with Gasteiger partial charge in [0.05, 0.1) is 12.2 Å². The summed E-state index contributed by atoms with van der Waals surface area (Å²) in [5.41, 5.74) is 1.45. The van der Waals surface area contributed by atoms with Gasteiger partial charge in [-0.1, -0.05) is 42.5 Å². The first-order chi connectivity index (χ1) is 11.2. The minimum absolute atomic E-state index is 0.230. The molecule has 0 spiro atoms. The molecule has 4 heteroatoms. The Labute approximate surface area is 135 Å². The van der Waals surface area contributed by atoms with Crippen molar-refractivity contribution >= 4 is 11.8 Å². The highest BCUT2D eigenvalue weighted by Gasteiger charge is 2.42. The molecule has 0 bridgehead atoms. The fourth-order valence-corrected chi connectivity index (χ4v) is 2.84. The van der Waals surface area contributed by atoms with Gasteiger partial charge in [0.2, 0.25) is 0 Å². The summed E-state index contributed by atoms with van der Waals surface area (Å²) in [6.07, 6.45) is -0.0800. The maximum absolute atomic E-state index is 12.8. The predicted molar refractivity (Wildman–Crippen MR) is 85.5 cm³/mol. The van der Waals surface area contributed by atoms with Crippen molar-refractivity contribution in [1.29, 1.82) is 0 Å². The highest BCUT2D eigenvalue weighted by Crippen LogP contribution is 2.32. The lowest BCUT2D eigenvalue weighted by Gasteiger charge is -2.31. The zero-order chi connectivity index (χ0) is 16.2. The van der Waals surface area contributed by atoms with E-state index in [1.54, 1.807) is 25.1 Å². The van der Waals surface area contributed by atoms with E-state index < -0.39 is 18.0 Å². The molecule has 0 N–H and O–H groups in total. The van der Waals surface area contributed by atoms with Crippen LogP contribution in [0.2, 0.25) is 0 Å². The van der Waals surface area contributed by atoms with Crippen molar-refractivity contribution in [2.75, 3.05) is 6.61 Å². The molecule has 0 aromatic heterocycles. The molecule has 0 saturated carbocycles. The fraction of sp³-hybridized carbons (Fsp3) is 0.263. The van der Waals surface area contributed by atoms with Crippen molar-refractivity contribution in [2.45, 2.75) is 19.4 Å². The molecule has 1 aliphatic heterocycles. The minimum atomic E-state index is -0.926. The number of benzene rings is 2. The van der Waals surface area contributed by atoms with Gasteiger partial charge in [0.1, 0.15) is 11.9 Å². The summed E-state index contributed by atoms with van der Waals surface area (Å²) in [6.45, 7) is 1.97. The van der Waals surface area contributed by atoms with Crippen molar-refractivity contribution in [3.8, 4) is 5.75 Å². The van der Waals surface area contributed by atoms with E-state index in [-0.39, 0.29) is 12.4 Å². The number of hydrogen-bond acceptors (Lipinski definition) is 4. The van der Waals surface area contributed by atoms with Gasteiger partial charge in [-0.05, 0) is 24.6 Å². The van der Waals surface area contributed by atoms with E-state index >= 15 is 0 Å². The second kappa shape index (κ2) is 6.65. The maximum atomic E-state index is 12.8. The van der Waals surface area contributed by atoms with Crippen LogP contribution in [0.1, 0.15) is 22.8 Å². The lowest BCUT2D eigenvalue weighted by Crippen LogP contribution is -2.44. The summed E-state index contributed by atoms with van der Waals surface area (Å²) >= 11 is 0. The standard InChI is InChI=1S/C19H18O4/c1-2-22-19(21)17-16(12-13-8-4-3-5-9-13)23-15-11-7-6-10-14(15)18(17)20/h3-11,16-17H,2,12H2,1H3. The number of carbonyl (C=O) groups excluding carboxylic acids is 2. The molecule has 0 fully saturated rings. The van der Waals surface area contributed by atoms with E-state index in [1.807, 2.05) is 36.4 Å². The molecule has 0 aliphatic carbocycles. The number of rotatable bonds is 4. The first-order valence-corrected chi connectivity index (χ1v) is 7.71. The summed E-state index contributed by atoms with van der Waals surface area (Å²) in [4.78, 5) is 25.0. The largest absolute Gasteiger partial charge is 0.488 e. The first kappa shape index (κ1) is 15.3. The van der Waals surface area contributed by atoms with Gasteiger partial charge in [-0.2, -0.15) is 0 Å². The predicted octanol–water partition coefficient (Wildman–Crippen LogP) is 3.05. The van der Waals surface area contributed by atoms with E-state index in [9.17, 15) is 9.59 Å². The Kier molecular flexibility index (Phi) is 4.42. The summed E-state index contributed by atoms with van der Waals surface area (Å²) in [6, 6.07) is 16.7. The van der Waals surface area contributed by atoms with Crippen molar-refractivity contribution < 1.29 is 19.1 Å². The van der Waals surface area contributed by atoms with Crippen LogP contribution in [0, 0.1) is 5.92 Å². The van der Waals surface area contributed by atoms with Gasteiger partial charge >= 0.3 is 5.97 Å². The Bertz CT molecular complexity index is 708. The van der Waals surface area contributed by atoms with Crippen LogP contribution in [0.5, 0.6) is 5.75 Å². The van der Waals surface area contributed by atoms with E-state index in [2.05, 4.69) is 0 Å². The average molecular weight is 310 g/mol. The molecule has 2 unspecified atom stereocenters. The Morgan fingerprint density at radius 2 is 1.78 bits per heavy atom. The normalized spacial score (nSPS) is 19.6. The second-order valence-electron chi connectivity index (χ2n) is 5.44. The highest BCUT2D eigenvalue weighted by atomic mass is 16.5. The molecule has 2 atom stereocenters. The summed E-state index contributed by atoms with van der Waals surface area (Å²) in [5.74, 6) is -1.15. The van der Waals surface area contributed by atoms with Crippen LogP contribution in [-0.4, -0.2) is 24.5 Å². The van der Waals surface area contributed by atoms with Crippen LogP contribution in [0.15, 0.2) is 54.6 Å². The Morgan fingerprint density at radius 3 is 2.52 bits per heavy atom. The topological polar surface area (TPSA) is 52.6 Å². The van der Waals surface area contributed by atoms with E-state index in [0.717, 1.165) is 5.56 Å². The van der Waals surface area contributed by atoms with Crippen LogP contribution in [-0.2, 0) is 16.0 Å². The number of Topliss-reactive ketones (excluding diaryl/α,β-unsaturated/α-hetero) is 1. The maximum Gasteiger partial charge on any atom is 0.320 e. The van der Waals surface area contributed by atoms with Crippen LogP contribution < -0.4 is 4.74 Å². The molecule has 0 radical (unpaired) electrons. The monoisotopic (exact) mass is 310 g/mol. The Hall–Kier alpha value is -2.62. The molecular weight excluding hydrogens is 292 g/mol. The summed E-state index contributed by atoms with van der Waals surface area (Å²) in [5, 5.41) is 0. The van der Waals surface area contributed by atoms with Gasteiger partial charge < -0.3 is 9.47 Å². The number of ether oxygens (including phenoxy) is 2. The molecule has 3 rings (SSSR count). The molecule has 0 amide bonds. The second-order valence-corrected chi connectivity index (χ2v) is 5.44. The van der Waals surface area contributed by atoms with Gasteiger partial charge in [0.25, 0.3) is 0 Å². The number of para-hydroxylation sites is 1.